The molecule has 3 N–H and O–H groups in total. The van der Waals surface area contributed by atoms with Gasteiger partial charge in [-0.25, -0.2) is 9.59 Å². The highest BCUT2D eigenvalue weighted by Gasteiger charge is 2.53. The summed E-state index contributed by atoms with van der Waals surface area (Å²) in [5.41, 5.74) is 0.657. The van der Waals surface area contributed by atoms with Gasteiger partial charge in [-0.1, -0.05) is 6.07 Å². The van der Waals surface area contributed by atoms with E-state index in [0.29, 0.717) is 48.1 Å². The molecule has 1 unspecified atom stereocenters. The summed E-state index contributed by atoms with van der Waals surface area (Å²) in [7, 11) is 0. The van der Waals surface area contributed by atoms with Gasteiger partial charge in [0.25, 0.3) is 0 Å². The molecule has 1 aliphatic carbocycles. The van der Waals surface area contributed by atoms with Crippen LogP contribution in [0.3, 0.4) is 0 Å². The predicted molar refractivity (Wildman–Crippen MR) is 140 cm³/mol. The monoisotopic (exact) mass is 543 g/mol. The molecule has 10 heteroatoms. The number of nitrogens with one attached hydrogen (secondary N) is 1. The SMILES string of the molecule is O=C1CCC(CCCOC(=O)Nc2ccc3c(c2)C(=O)OC32c3ccc(O)cc3Oc3cc(O)ccc32)C(=O)C1. The Kier molecular flexibility index (Phi) is 6.17. The summed E-state index contributed by atoms with van der Waals surface area (Å²) in [6, 6.07) is 13.8. The standard InChI is InChI=1S/C30H25NO9/c32-18-5-3-16(25(35)13-18)2-1-11-38-29(37)31-17-4-8-22-21(12-17)28(36)40-30(22)23-9-6-19(33)14-26(23)39-27-15-20(34)7-10-24(27)30/h4,6-10,12,14-16,33-34H,1-3,5,11,13H2,(H,31,37). The third-order valence-electron chi connectivity index (χ3n) is 7.55. The summed E-state index contributed by atoms with van der Waals surface area (Å²) >= 11 is 0. The maximum absolute atomic E-state index is 13.2. The molecular weight excluding hydrogens is 518 g/mol. The highest BCUT2D eigenvalue weighted by Crippen LogP contribution is 2.57. The van der Waals surface area contributed by atoms with E-state index < -0.39 is 17.7 Å². The smallest absolute Gasteiger partial charge is 0.411 e. The van der Waals surface area contributed by atoms with E-state index in [1.54, 1.807) is 24.3 Å². The lowest BCUT2D eigenvalue weighted by Gasteiger charge is -2.36. The van der Waals surface area contributed by atoms with Crippen molar-refractivity contribution in [2.45, 2.75) is 37.7 Å². The number of carbonyl (C=O) groups excluding carboxylic acids is 4. The van der Waals surface area contributed by atoms with Gasteiger partial charge in [-0.15, -0.1) is 0 Å². The molecule has 1 atom stereocenters. The number of phenols is 2. The zero-order chi connectivity index (χ0) is 28.0. The molecule has 6 rings (SSSR count). The lowest BCUT2D eigenvalue weighted by Crippen LogP contribution is -2.32. The fraction of sp³-hybridized carbons (Fsp3) is 0.267. The van der Waals surface area contributed by atoms with Crippen molar-refractivity contribution in [3.05, 3.63) is 76.9 Å². The molecule has 1 fully saturated rings. The number of hydrogen-bond acceptors (Lipinski definition) is 9. The maximum Gasteiger partial charge on any atom is 0.411 e. The van der Waals surface area contributed by atoms with Crippen molar-refractivity contribution in [1.82, 2.24) is 0 Å². The van der Waals surface area contributed by atoms with E-state index in [2.05, 4.69) is 5.32 Å². The average Bonchev–Trinajstić information content (AvgIpc) is 3.19. The number of ether oxygens (including phenoxy) is 3. The first kappa shape index (κ1) is 25.4. The van der Waals surface area contributed by atoms with Crippen LogP contribution in [-0.4, -0.2) is 40.4 Å². The van der Waals surface area contributed by atoms with Crippen molar-refractivity contribution in [3.63, 3.8) is 0 Å². The second-order valence-electron chi connectivity index (χ2n) is 10.1. The second kappa shape index (κ2) is 9.71. The minimum absolute atomic E-state index is 0.0107. The molecule has 1 spiro atoms. The topological polar surface area (TPSA) is 148 Å². The summed E-state index contributed by atoms with van der Waals surface area (Å²) in [5.74, 6) is -0.412. The number of aromatic hydroxyl groups is 2. The summed E-state index contributed by atoms with van der Waals surface area (Å²) in [4.78, 5) is 48.9. The Balaban J connectivity index is 1.20. The van der Waals surface area contributed by atoms with Gasteiger partial charge < -0.3 is 24.4 Å². The van der Waals surface area contributed by atoms with Crippen LogP contribution in [0.15, 0.2) is 54.6 Å². The quantitative estimate of drug-likeness (QED) is 0.231. The second-order valence-corrected chi connectivity index (χ2v) is 10.1. The Labute approximate surface area is 228 Å². The molecule has 3 aliphatic rings. The van der Waals surface area contributed by atoms with E-state index in [1.165, 1.54) is 30.3 Å². The van der Waals surface area contributed by atoms with Gasteiger partial charge in [0.05, 0.1) is 18.6 Å². The molecule has 204 valence electrons. The Morgan fingerprint density at radius 1 is 0.950 bits per heavy atom. The number of amides is 1. The molecule has 3 aromatic carbocycles. The Morgan fingerprint density at radius 2 is 1.62 bits per heavy atom. The summed E-state index contributed by atoms with van der Waals surface area (Å²) < 4.78 is 17.2. The number of ketones is 2. The van der Waals surface area contributed by atoms with Gasteiger partial charge in [-0.3, -0.25) is 14.9 Å². The first-order chi connectivity index (χ1) is 19.2. The van der Waals surface area contributed by atoms with E-state index in [9.17, 15) is 29.4 Å². The van der Waals surface area contributed by atoms with Gasteiger partial charge >= 0.3 is 12.1 Å². The zero-order valence-corrected chi connectivity index (χ0v) is 21.3. The largest absolute Gasteiger partial charge is 0.508 e. The third kappa shape index (κ3) is 4.31. The van der Waals surface area contributed by atoms with Crippen LogP contribution in [0.1, 0.15) is 59.2 Å². The van der Waals surface area contributed by atoms with Crippen LogP contribution in [0, 0.1) is 5.92 Å². The minimum Gasteiger partial charge on any atom is -0.508 e. The highest BCUT2D eigenvalue weighted by molar-refractivity contribution is 6.02. The van der Waals surface area contributed by atoms with Crippen molar-refractivity contribution in [2.24, 2.45) is 5.92 Å². The van der Waals surface area contributed by atoms with Crippen molar-refractivity contribution in [1.29, 1.82) is 0 Å². The summed E-state index contributed by atoms with van der Waals surface area (Å²) in [5, 5.41) is 22.7. The molecular formula is C30H25NO9. The third-order valence-corrected chi connectivity index (χ3v) is 7.55. The molecule has 1 amide bonds. The molecule has 1 saturated carbocycles. The van der Waals surface area contributed by atoms with E-state index >= 15 is 0 Å². The normalized spacial score (nSPS) is 18.3. The molecule has 0 aromatic heterocycles. The highest BCUT2D eigenvalue weighted by atomic mass is 16.6. The minimum atomic E-state index is -1.39. The molecule has 2 aliphatic heterocycles. The molecule has 3 aromatic rings. The van der Waals surface area contributed by atoms with Crippen LogP contribution in [0.2, 0.25) is 0 Å². The maximum atomic E-state index is 13.2. The Bertz CT molecular complexity index is 1530. The van der Waals surface area contributed by atoms with Gasteiger partial charge in [0.15, 0.2) is 5.60 Å². The number of hydrogen-bond donors (Lipinski definition) is 3. The summed E-state index contributed by atoms with van der Waals surface area (Å²) in [6.07, 6.45) is 1.27. The number of anilines is 1. The number of esters is 1. The molecule has 2 heterocycles. The number of Topliss-reactive ketones (excluding diaryl/α,β-unsaturated/α-hetero) is 2. The van der Waals surface area contributed by atoms with Crippen molar-refractivity contribution < 1.29 is 43.6 Å². The Hall–Kier alpha value is -4.86. The molecule has 40 heavy (non-hydrogen) atoms. The number of benzene rings is 3. The van der Waals surface area contributed by atoms with Gasteiger partial charge in [-0.05, 0) is 55.7 Å². The first-order valence-corrected chi connectivity index (χ1v) is 13.0. The van der Waals surface area contributed by atoms with Gasteiger partial charge in [0.2, 0.25) is 0 Å². The number of phenolic OH excluding ortho intramolecular Hbond substituents is 2. The number of fused-ring (bicyclic) bond motifs is 6. The van der Waals surface area contributed by atoms with Crippen LogP contribution in [0.4, 0.5) is 10.5 Å². The van der Waals surface area contributed by atoms with Gasteiger partial charge in [-0.2, -0.15) is 0 Å². The molecule has 0 bridgehead atoms. The molecule has 10 nitrogen and oxygen atoms in total. The molecule has 0 radical (unpaired) electrons. The van der Waals surface area contributed by atoms with Crippen LogP contribution >= 0.6 is 0 Å². The predicted octanol–water partition coefficient (Wildman–Crippen LogP) is 4.93. The van der Waals surface area contributed by atoms with Crippen LogP contribution < -0.4 is 10.1 Å². The summed E-state index contributed by atoms with van der Waals surface area (Å²) in [6.45, 7) is 0.104. The van der Waals surface area contributed by atoms with Gasteiger partial charge in [0.1, 0.15) is 34.6 Å². The van der Waals surface area contributed by atoms with Gasteiger partial charge in [0, 0.05) is 46.8 Å². The lowest BCUT2D eigenvalue weighted by atomic mass is 9.77. The first-order valence-electron chi connectivity index (χ1n) is 13.0. The average molecular weight is 544 g/mol. The van der Waals surface area contributed by atoms with Crippen molar-refractivity contribution in [2.75, 3.05) is 11.9 Å². The zero-order valence-electron chi connectivity index (χ0n) is 21.3. The van der Waals surface area contributed by atoms with E-state index in [-0.39, 0.29) is 59.1 Å². The fourth-order valence-electron chi connectivity index (χ4n) is 5.66. The van der Waals surface area contributed by atoms with Crippen LogP contribution in [0.5, 0.6) is 23.0 Å². The molecule has 0 saturated heterocycles. The number of carbonyl (C=O) groups is 4. The van der Waals surface area contributed by atoms with Crippen LogP contribution in [-0.2, 0) is 24.7 Å². The van der Waals surface area contributed by atoms with Crippen LogP contribution in [0.25, 0.3) is 0 Å². The van der Waals surface area contributed by atoms with Crippen molar-refractivity contribution in [3.8, 4) is 23.0 Å². The van der Waals surface area contributed by atoms with E-state index in [0.717, 1.165) is 0 Å². The van der Waals surface area contributed by atoms with E-state index in [1.807, 2.05) is 0 Å². The fourth-order valence-corrected chi connectivity index (χ4v) is 5.66. The van der Waals surface area contributed by atoms with Crippen molar-refractivity contribution >= 4 is 29.3 Å². The van der Waals surface area contributed by atoms with E-state index in [4.69, 9.17) is 14.2 Å². The number of rotatable bonds is 5. The lowest BCUT2D eigenvalue weighted by molar-refractivity contribution is -0.132. The Morgan fingerprint density at radius 3 is 2.30 bits per heavy atom.